The van der Waals surface area contributed by atoms with E-state index in [9.17, 15) is 19.2 Å². The van der Waals surface area contributed by atoms with E-state index in [4.69, 9.17) is 21.1 Å². The third kappa shape index (κ3) is 3.25. The molecule has 8 nitrogen and oxygen atoms in total. The number of ether oxygens (including phenoxy) is 2. The Hall–Kier alpha value is -2.61. The van der Waals surface area contributed by atoms with Crippen LogP contribution in [0.1, 0.15) is 23.2 Å². The highest BCUT2D eigenvalue weighted by molar-refractivity contribution is 6.30. The Balaban J connectivity index is 1.25. The SMILES string of the molecule is O=C(COC(=O)[C@@H]1[C@@H]2C[C@@H]3[C@@H]1C(=O)O[C@H]3C2)NNC(=O)c1ccc(Cl)cc1. The Morgan fingerprint density at radius 3 is 2.63 bits per heavy atom. The molecule has 3 aliphatic rings. The summed E-state index contributed by atoms with van der Waals surface area (Å²) in [5.74, 6) is -2.95. The van der Waals surface area contributed by atoms with E-state index in [1.165, 1.54) is 12.1 Å². The summed E-state index contributed by atoms with van der Waals surface area (Å²) in [6, 6.07) is 6.11. The van der Waals surface area contributed by atoms with Gasteiger partial charge < -0.3 is 9.47 Å². The van der Waals surface area contributed by atoms with E-state index in [0.29, 0.717) is 17.0 Å². The molecule has 0 aromatic heterocycles. The molecular formula is C18H17ClN2O6. The molecule has 1 saturated heterocycles. The van der Waals surface area contributed by atoms with Gasteiger partial charge in [0, 0.05) is 16.5 Å². The number of hydrazine groups is 1. The summed E-state index contributed by atoms with van der Waals surface area (Å²) in [7, 11) is 0. The van der Waals surface area contributed by atoms with Gasteiger partial charge in [0.25, 0.3) is 11.8 Å². The Morgan fingerprint density at radius 2 is 1.89 bits per heavy atom. The molecule has 9 heteroatoms. The molecule has 3 fully saturated rings. The lowest BCUT2D eigenvalue weighted by molar-refractivity contribution is -0.158. The van der Waals surface area contributed by atoms with Gasteiger partial charge in [-0.3, -0.25) is 30.0 Å². The standard InChI is InChI=1S/C18H17ClN2O6/c19-10-3-1-8(2-4-10)16(23)21-20-13(22)7-26-17(24)14-9-5-11-12(6-9)27-18(25)15(11)14/h1-4,9,11-12,14-15H,5-7H2,(H,20,22)(H,21,23)/t9-,11+,12+,14-,15+/m1/s1. The molecule has 4 rings (SSSR count). The molecule has 1 aromatic rings. The van der Waals surface area contributed by atoms with Gasteiger partial charge in [0.05, 0.1) is 11.8 Å². The minimum atomic E-state index is -0.680. The summed E-state index contributed by atoms with van der Waals surface area (Å²) in [6.45, 7) is -0.543. The monoisotopic (exact) mass is 392 g/mol. The number of hydrogen-bond acceptors (Lipinski definition) is 6. The van der Waals surface area contributed by atoms with Crippen LogP contribution in [0.5, 0.6) is 0 Å². The number of fused-ring (bicyclic) bond motifs is 1. The molecule has 5 atom stereocenters. The first-order valence-corrected chi connectivity index (χ1v) is 9.03. The third-order valence-corrected chi connectivity index (χ3v) is 5.77. The van der Waals surface area contributed by atoms with Gasteiger partial charge in [-0.2, -0.15) is 0 Å². The molecule has 1 aliphatic heterocycles. The van der Waals surface area contributed by atoms with Gasteiger partial charge in [-0.25, -0.2) is 0 Å². The van der Waals surface area contributed by atoms with E-state index in [1.54, 1.807) is 12.1 Å². The summed E-state index contributed by atoms with van der Waals surface area (Å²) in [6.07, 6.45) is 1.39. The topological polar surface area (TPSA) is 111 Å². The summed E-state index contributed by atoms with van der Waals surface area (Å²) in [5.41, 5.74) is 4.72. The van der Waals surface area contributed by atoms with Gasteiger partial charge in [-0.15, -0.1) is 0 Å². The van der Waals surface area contributed by atoms with Crippen molar-refractivity contribution < 1.29 is 28.7 Å². The number of benzene rings is 1. The second kappa shape index (κ2) is 6.84. The Kier molecular flexibility index (Phi) is 4.51. The predicted octanol–water partition coefficient (Wildman–Crippen LogP) is 0.842. The van der Waals surface area contributed by atoms with E-state index in [1.807, 2.05) is 0 Å². The number of halogens is 1. The Labute approximate surface area is 159 Å². The van der Waals surface area contributed by atoms with Gasteiger partial charge in [-0.05, 0) is 43.0 Å². The van der Waals surface area contributed by atoms with Gasteiger partial charge >= 0.3 is 11.9 Å². The van der Waals surface area contributed by atoms with Crippen LogP contribution < -0.4 is 10.9 Å². The Morgan fingerprint density at radius 1 is 1.15 bits per heavy atom. The van der Waals surface area contributed by atoms with Crippen LogP contribution >= 0.6 is 11.6 Å². The Bertz CT molecular complexity index is 809. The number of hydrogen-bond donors (Lipinski definition) is 2. The van der Waals surface area contributed by atoms with E-state index >= 15 is 0 Å². The highest BCUT2D eigenvalue weighted by Gasteiger charge is 2.64. The van der Waals surface area contributed by atoms with Crippen molar-refractivity contribution in [1.29, 1.82) is 0 Å². The van der Waals surface area contributed by atoms with Crippen LogP contribution in [0.25, 0.3) is 0 Å². The number of nitrogens with one attached hydrogen (secondary N) is 2. The molecule has 1 aromatic carbocycles. The first kappa shape index (κ1) is 17.8. The fourth-order valence-corrected chi connectivity index (χ4v) is 4.52. The van der Waals surface area contributed by atoms with Crippen molar-refractivity contribution in [3.8, 4) is 0 Å². The minimum Gasteiger partial charge on any atom is -0.462 e. The van der Waals surface area contributed by atoms with Crippen LogP contribution in [-0.4, -0.2) is 36.5 Å². The molecule has 142 valence electrons. The summed E-state index contributed by atoms with van der Waals surface area (Å²) >= 11 is 5.75. The van der Waals surface area contributed by atoms with E-state index < -0.39 is 36.2 Å². The van der Waals surface area contributed by atoms with Crippen molar-refractivity contribution in [3.05, 3.63) is 34.9 Å². The zero-order valence-electron chi connectivity index (χ0n) is 14.1. The molecule has 0 radical (unpaired) electrons. The first-order chi connectivity index (χ1) is 12.9. The first-order valence-electron chi connectivity index (χ1n) is 8.66. The highest BCUT2D eigenvalue weighted by atomic mass is 35.5. The lowest BCUT2D eigenvalue weighted by Crippen LogP contribution is -2.44. The number of amides is 2. The fraction of sp³-hybridized carbons (Fsp3) is 0.444. The third-order valence-electron chi connectivity index (χ3n) is 5.52. The van der Waals surface area contributed by atoms with Crippen LogP contribution in [0.3, 0.4) is 0 Å². The lowest BCUT2D eigenvalue weighted by atomic mass is 9.80. The molecule has 2 aliphatic carbocycles. The van der Waals surface area contributed by atoms with Crippen molar-refractivity contribution >= 4 is 35.4 Å². The average Bonchev–Trinajstić information content (AvgIpc) is 3.27. The molecule has 2 N–H and O–H groups in total. The van der Waals surface area contributed by atoms with Crippen LogP contribution in [0.2, 0.25) is 5.02 Å². The summed E-state index contributed by atoms with van der Waals surface area (Å²) in [5, 5.41) is 0.487. The van der Waals surface area contributed by atoms with Crippen LogP contribution in [0.15, 0.2) is 24.3 Å². The fourth-order valence-electron chi connectivity index (χ4n) is 4.39. The number of carbonyl (C=O) groups is 4. The summed E-state index contributed by atoms with van der Waals surface area (Å²) in [4.78, 5) is 48.0. The maximum atomic E-state index is 12.4. The smallest absolute Gasteiger partial charge is 0.310 e. The van der Waals surface area contributed by atoms with Crippen LogP contribution in [0, 0.1) is 23.7 Å². The van der Waals surface area contributed by atoms with Crippen LogP contribution in [-0.2, 0) is 23.9 Å². The molecule has 27 heavy (non-hydrogen) atoms. The minimum absolute atomic E-state index is 0.0663. The molecule has 0 spiro atoms. The van der Waals surface area contributed by atoms with Crippen molar-refractivity contribution in [2.75, 3.05) is 6.61 Å². The highest BCUT2D eigenvalue weighted by Crippen LogP contribution is 2.57. The van der Waals surface area contributed by atoms with E-state index in [2.05, 4.69) is 10.9 Å². The molecule has 2 amide bonds. The molecule has 1 heterocycles. The largest absolute Gasteiger partial charge is 0.462 e. The second-order valence-corrected chi connectivity index (χ2v) is 7.48. The second-order valence-electron chi connectivity index (χ2n) is 7.04. The zero-order chi connectivity index (χ0) is 19.1. The lowest BCUT2D eigenvalue weighted by Gasteiger charge is -2.22. The van der Waals surface area contributed by atoms with Crippen molar-refractivity contribution in [1.82, 2.24) is 10.9 Å². The van der Waals surface area contributed by atoms with Gasteiger partial charge in [0.15, 0.2) is 6.61 Å². The molecule has 2 saturated carbocycles. The van der Waals surface area contributed by atoms with Crippen molar-refractivity contribution in [2.24, 2.45) is 23.7 Å². The quantitative estimate of drug-likeness (QED) is 0.580. The van der Waals surface area contributed by atoms with Crippen molar-refractivity contribution in [3.63, 3.8) is 0 Å². The molecular weight excluding hydrogens is 376 g/mol. The normalized spacial score (nSPS) is 30.0. The maximum absolute atomic E-state index is 12.4. The molecule has 0 unspecified atom stereocenters. The summed E-state index contributed by atoms with van der Waals surface area (Å²) < 4.78 is 10.3. The number of rotatable bonds is 4. The van der Waals surface area contributed by atoms with E-state index in [-0.39, 0.29) is 23.9 Å². The van der Waals surface area contributed by atoms with Crippen molar-refractivity contribution in [2.45, 2.75) is 18.9 Å². The number of esters is 2. The predicted molar refractivity (Wildman–Crippen MR) is 91.1 cm³/mol. The van der Waals surface area contributed by atoms with Gasteiger partial charge in [-0.1, -0.05) is 11.6 Å². The van der Waals surface area contributed by atoms with Gasteiger partial charge in [0.2, 0.25) is 0 Å². The average molecular weight is 393 g/mol. The maximum Gasteiger partial charge on any atom is 0.310 e. The molecule has 2 bridgehead atoms. The zero-order valence-corrected chi connectivity index (χ0v) is 14.9. The number of carbonyl (C=O) groups excluding carboxylic acids is 4. The van der Waals surface area contributed by atoms with E-state index in [0.717, 1.165) is 6.42 Å². The van der Waals surface area contributed by atoms with Gasteiger partial charge in [0.1, 0.15) is 6.10 Å². The van der Waals surface area contributed by atoms with Crippen LogP contribution in [0.4, 0.5) is 0 Å².